The third-order valence-electron chi connectivity index (χ3n) is 5.72. The molecule has 1 aliphatic rings. The van der Waals surface area contributed by atoms with Crippen molar-refractivity contribution in [3.05, 3.63) is 28.5 Å². The van der Waals surface area contributed by atoms with Crippen LogP contribution >= 0.6 is 15.9 Å². The summed E-state index contributed by atoms with van der Waals surface area (Å²) in [6, 6.07) is 5.90. The summed E-state index contributed by atoms with van der Waals surface area (Å²) < 4.78 is 23.2. The lowest BCUT2D eigenvalue weighted by atomic mass is 9.76. The largest absolute Gasteiger partial charge is 0.598 e. The van der Waals surface area contributed by atoms with Gasteiger partial charge < -0.3 is 8.98 Å². The fourth-order valence-electron chi connectivity index (χ4n) is 2.86. The average Bonchev–Trinajstić information content (AvgIpc) is 2.46. The minimum absolute atomic E-state index is 0.0261. The molecule has 0 aromatic carbocycles. The predicted molar refractivity (Wildman–Crippen MR) is 121 cm³/mol. The second-order valence-corrected chi connectivity index (χ2v) is 17.7. The highest BCUT2D eigenvalue weighted by molar-refractivity contribution is 9.10. The highest BCUT2D eigenvalue weighted by Gasteiger charge is 2.46. The van der Waals surface area contributed by atoms with Crippen molar-refractivity contribution >= 4 is 35.6 Å². The third kappa shape index (κ3) is 6.03. The van der Waals surface area contributed by atoms with E-state index in [0.29, 0.717) is 12.0 Å². The molecule has 1 aromatic heterocycles. The van der Waals surface area contributed by atoms with Crippen molar-refractivity contribution in [3.8, 4) is 0 Å². The molecule has 2 atom stereocenters. The van der Waals surface area contributed by atoms with Crippen LogP contribution in [0.5, 0.6) is 0 Å². The van der Waals surface area contributed by atoms with E-state index in [1.165, 1.54) is 0 Å². The van der Waals surface area contributed by atoms with Gasteiger partial charge >= 0.3 is 0 Å². The molecule has 0 spiro atoms. The molecule has 27 heavy (non-hydrogen) atoms. The quantitative estimate of drug-likeness (QED) is 0.324. The normalized spacial score (nSPS) is 23.6. The molecule has 1 N–H and O–H groups in total. The van der Waals surface area contributed by atoms with E-state index in [0.717, 1.165) is 23.1 Å². The maximum absolute atomic E-state index is 12.8. The summed E-state index contributed by atoms with van der Waals surface area (Å²) in [6.07, 6.45) is 2.27. The van der Waals surface area contributed by atoms with Crippen LogP contribution in [0.1, 0.15) is 66.1 Å². The number of halogens is 1. The average molecular weight is 476 g/mol. The van der Waals surface area contributed by atoms with Crippen molar-refractivity contribution in [2.75, 3.05) is 0 Å². The van der Waals surface area contributed by atoms with Gasteiger partial charge in [-0.25, -0.2) is 4.98 Å². The third-order valence-corrected chi connectivity index (χ3v) is 12.3. The van der Waals surface area contributed by atoms with Crippen LogP contribution in [0.25, 0.3) is 0 Å². The Labute approximate surface area is 177 Å². The number of hydrogen-bond donors (Lipinski definition) is 1. The first kappa shape index (κ1) is 23.4. The van der Waals surface area contributed by atoms with Crippen molar-refractivity contribution < 1.29 is 8.98 Å². The summed E-state index contributed by atoms with van der Waals surface area (Å²) in [5.41, 5.74) is 0.942. The van der Waals surface area contributed by atoms with E-state index in [9.17, 15) is 4.55 Å². The molecule has 0 amide bonds. The smallest absolute Gasteiger partial charge is 0.192 e. The fourth-order valence-corrected chi connectivity index (χ4v) is 5.49. The first-order valence-electron chi connectivity index (χ1n) is 9.69. The van der Waals surface area contributed by atoms with Gasteiger partial charge in [0.05, 0.1) is 11.7 Å². The number of pyridine rings is 1. The van der Waals surface area contributed by atoms with E-state index in [4.69, 9.17) is 4.43 Å². The van der Waals surface area contributed by atoms with Crippen LogP contribution in [0.4, 0.5) is 0 Å². The van der Waals surface area contributed by atoms with E-state index >= 15 is 0 Å². The van der Waals surface area contributed by atoms with Gasteiger partial charge in [-0.3, -0.25) is 0 Å². The Morgan fingerprint density at radius 3 is 2.30 bits per heavy atom. The van der Waals surface area contributed by atoms with Crippen LogP contribution in [-0.2, 0) is 15.8 Å². The minimum Gasteiger partial charge on any atom is -0.598 e. The van der Waals surface area contributed by atoms with Gasteiger partial charge in [0.15, 0.2) is 8.32 Å². The molecule has 1 fully saturated rings. The Morgan fingerprint density at radius 2 is 1.81 bits per heavy atom. The number of nitrogens with one attached hydrogen (secondary N) is 1. The van der Waals surface area contributed by atoms with Crippen LogP contribution in [0.15, 0.2) is 22.8 Å². The van der Waals surface area contributed by atoms with Crippen molar-refractivity contribution in [2.45, 2.75) is 89.4 Å². The summed E-state index contributed by atoms with van der Waals surface area (Å²) >= 11 is 2.32. The fraction of sp³-hybridized carbons (Fsp3) is 0.750. The van der Waals surface area contributed by atoms with E-state index in [-0.39, 0.29) is 15.8 Å². The van der Waals surface area contributed by atoms with Gasteiger partial charge in [0, 0.05) is 17.5 Å². The zero-order chi connectivity index (χ0) is 20.6. The molecule has 1 unspecified atom stereocenters. The van der Waals surface area contributed by atoms with E-state index in [1.54, 1.807) is 0 Å². The van der Waals surface area contributed by atoms with Crippen molar-refractivity contribution in [3.63, 3.8) is 0 Å². The lowest BCUT2D eigenvalue weighted by Gasteiger charge is -2.46. The topological polar surface area (TPSA) is 57.2 Å². The summed E-state index contributed by atoms with van der Waals surface area (Å²) in [7, 11) is -1.76. The first-order valence-corrected chi connectivity index (χ1v) is 14.5. The molecule has 1 heterocycles. The lowest BCUT2D eigenvalue weighted by molar-refractivity contribution is 0.0365. The molecule has 0 radical (unpaired) electrons. The maximum atomic E-state index is 12.8. The van der Waals surface area contributed by atoms with Crippen LogP contribution in [0.3, 0.4) is 0 Å². The summed E-state index contributed by atoms with van der Waals surface area (Å²) in [4.78, 5) is 4.64. The Kier molecular flexibility index (Phi) is 7.30. The summed E-state index contributed by atoms with van der Waals surface area (Å²) in [5.74, 6) is 0.382. The number of rotatable bonds is 6. The van der Waals surface area contributed by atoms with Gasteiger partial charge in [0.1, 0.15) is 9.35 Å². The van der Waals surface area contributed by atoms with Gasteiger partial charge in [-0.05, 0) is 85.7 Å². The standard InChI is InChI=1S/C20H35BrN2O2SSi/c1-19(2,3)26(24)23-18(16-10-9-11-17(21)22-16)14-12-15(13-14)25-27(7,8)20(4,5)6/h9-11,14-15,18,23H,12-13H2,1-8H3/t14?,15?,18?,26-/m1/s1. The first-order chi connectivity index (χ1) is 12.2. The van der Waals surface area contributed by atoms with E-state index < -0.39 is 19.7 Å². The second kappa shape index (κ2) is 8.44. The van der Waals surface area contributed by atoms with Gasteiger partial charge in [-0.2, -0.15) is 0 Å². The summed E-state index contributed by atoms with van der Waals surface area (Å²) in [6.45, 7) is 17.4. The molecule has 7 heteroatoms. The highest BCUT2D eigenvalue weighted by atomic mass is 79.9. The molecule has 0 aliphatic heterocycles. The van der Waals surface area contributed by atoms with Gasteiger partial charge in [0.2, 0.25) is 0 Å². The van der Waals surface area contributed by atoms with E-state index in [2.05, 4.69) is 59.5 Å². The maximum Gasteiger partial charge on any atom is 0.192 e. The SMILES string of the molecule is CC(C)(C)[S@@+]([O-])NC(c1cccc(Br)n1)C1CC(O[Si](C)(C)C(C)(C)C)C1. The van der Waals surface area contributed by atoms with Crippen molar-refractivity contribution in [1.82, 2.24) is 9.71 Å². The number of hydrogen-bond acceptors (Lipinski definition) is 4. The van der Waals surface area contributed by atoms with Gasteiger partial charge in [-0.1, -0.05) is 26.8 Å². The van der Waals surface area contributed by atoms with E-state index in [1.807, 2.05) is 39.0 Å². The minimum atomic E-state index is -1.76. The van der Waals surface area contributed by atoms with Crippen LogP contribution in [0, 0.1) is 5.92 Å². The molecular formula is C20H35BrN2O2SSi. The second-order valence-electron chi connectivity index (χ2n) is 10.1. The zero-order valence-corrected chi connectivity index (χ0v) is 21.3. The predicted octanol–water partition coefficient (Wildman–Crippen LogP) is 5.74. The van der Waals surface area contributed by atoms with Crippen LogP contribution < -0.4 is 4.72 Å². The number of aromatic nitrogens is 1. The van der Waals surface area contributed by atoms with Crippen molar-refractivity contribution in [1.29, 1.82) is 0 Å². The lowest BCUT2D eigenvalue weighted by Crippen LogP contribution is -2.51. The summed E-state index contributed by atoms with van der Waals surface area (Å²) in [5, 5.41) is 0.218. The Morgan fingerprint density at radius 1 is 1.22 bits per heavy atom. The molecular weight excluding hydrogens is 440 g/mol. The Balaban J connectivity index is 2.10. The van der Waals surface area contributed by atoms with Crippen LogP contribution in [-0.4, -0.2) is 28.7 Å². The molecule has 1 aromatic rings. The van der Waals surface area contributed by atoms with Crippen molar-refractivity contribution in [2.24, 2.45) is 5.92 Å². The molecule has 1 aliphatic carbocycles. The molecule has 2 rings (SSSR count). The number of nitrogens with zero attached hydrogens (tertiary/aromatic N) is 1. The van der Waals surface area contributed by atoms with Gasteiger partial charge in [0.25, 0.3) is 0 Å². The molecule has 1 saturated carbocycles. The molecule has 0 saturated heterocycles. The Hall–Kier alpha value is 0.0769. The molecule has 0 bridgehead atoms. The Bertz CT molecular complexity index is 640. The monoisotopic (exact) mass is 474 g/mol. The van der Waals surface area contributed by atoms with Crippen LogP contribution in [0.2, 0.25) is 18.1 Å². The molecule has 154 valence electrons. The zero-order valence-electron chi connectivity index (χ0n) is 17.9. The molecule has 4 nitrogen and oxygen atoms in total. The van der Waals surface area contributed by atoms with Gasteiger partial charge in [-0.15, -0.1) is 4.72 Å². The highest BCUT2D eigenvalue weighted by Crippen LogP contribution is 2.45.